The molecule has 0 N–H and O–H groups in total. The van der Waals surface area contributed by atoms with E-state index in [1.54, 1.807) is 6.20 Å². The van der Waals surface area contributed by atoms with Crippen LogP contribution in [-0.2, 0) is 17.8 Å². The second-order valence-corrected chi connectivity index (χ2v) is 4.73. The van der Waals surface area contributed by atoms with Crippen molar-refractivity contribution in [2.75, 3.05) is 0 Å². The van der Waals surface area contributed by atoms with Gasteiger partial charge in [0.2, 0.25) is 0 Å². The Hall–Kier alpha value is -0.640. The Labute approximate surface area is 99.0 Å². The van der Waals surface area contributed by atoms with Crippen LogP contribution in [0.1, 0.15) is 32.9 Å². The molecule has 3 nitrogen and oxygen atoms in total. The number of hydrogen-bond acceptors (Lipinski definition) is 2. The first-order valence-electron chi connectivity index (χ1n) is 5.29. The van der Waals surface area contributed by atoms with Crippen molar-refractivity contribution in [2.24, 2.45) is 5.92 Å². The molecule has 0 saturated heterocycles. The van der Waals surface area contributed by atoms with Gasteiger partial charge in [0, 0.05) is 18.9 Å². The lowest BCUT2D eigenvalue weighted by Gasteiger charge is -2.06. The molecular weight excluding hydrogens is 256 g/mol. The second kappa shape index (κ2) is 5.45. The Balaban J connectivity index is 2.64. The number of aryl methyl sites for hydroxylation is 1. The predicted molar refractivity (Wildman–Crippen MR) is 63.8 cm³/mol. The van der Waals surface area contributed by atoms with E-state index in [4.69, 9.17) is 0 Å². The van der Waals surface area contributed by atoms with Gasteiger partial charge in [0.25, 0.3) is 0 Å². The van der Waals surface area contributed by atoms with Crippen LogP contribution >= 0.6 is 15.9 Å². The average Bonchev–Trinajstić information content (AvgIpc) is 2.55. The monoisotopic (exact) mass is 272 g/mol. The fraction of sp³-hybridized carbons (Fsp3) is 0.636. The molecule has 1 rings (SSSR count). The summed E-state index contributed by atoms with van der Waals surface area (Å²) >= 11 is 3.45. The topological polar surface area (TPSA) is 34.9 Å². The molecule has 4 heteroatoms. The van der Waals surface area contributed by atoms with Crippen molar-refractivity contribution < 1.29 is 4.79 Å². The molecule has 0 aliphatic carbocycles. The molecule has 0 unspecified atom stereocenters. The van der Waals surface area contributed by atoms with E-state index >= 15 is 0 Å². The summed E-state index contributed by atoms with van der Waals surface area (Å²) in [6.45, 7) is 6.77. The van der Waals surface area contributed by atoms with Crippen LogP contribution in [0.5, 0.6) is 0 Å². The third-order valence-electron chi connectivity index (χ3n) is 2.45. The van der Waals surface area contributed by atoms with Gasteiger partial charge in [0.05, 0.1) is 16.4 Å². The van der Waals surface area contributed by atoms with Gasteiger partial charge in [0.15, 0.2) is 0 Å². The summed E-state index contributed by atoms with van der Waals surface area (Å²) in [7, 11) is 0. The third kappa shape index (κ3) is 3.16. The van der Waals surface area contributed by atoms with Crippen molar-refractivity contribution in [1.82, 2.24) is 9.78 Å². The number of nitrogens with zero attached hydrogens (tertiary/aromatic N) is 2. The number of Topliss-reactive ketones (excluding diaryl/α,β-unsaturated/α-hetero) is 1. The number of halogens is 1. The highest BCUT2D eigenvalue weighted by Crippen LogP contribution is 2.18. The first-order valence-corrected chi connectivity index (χ1v) is 6.08. The van der Waals surface area contributed by atoms with E-state index in [0.717, 1.165) is 23.1 Å². The Morgan fingerprint density at radius 1 is 1.60 bits per heavy atom. The lowest BCUT2D eigenvalue weighted by molar-refractivity contribution is -0.121. The molecule has 0 spiro atoms. The van der Waals surface area contributed by atoms with Gasteiger partial charge < -0.3 is 0 Å². The minimum absolute atomic E-state index is 0.127. The van der Waals surface area contributed by atoms with Crippen molar-refractivity contribution >= 4 is 21.7 Å². The number of aromatic nitrogens is 2. The minimum Gasteiger partial charge on any atom is -0.299 e. The summed E-state index contributed by atoms with van der Waals surface area (Å²) < 4.78 is 2.93. The highest BCUT2D eigenvalue weighted by Gasteiger charge is 2.12. The van der Waals surface area contributed by atoms with E-state index in [-0.39, 0.29) is 5.92 Å². The minimum atomic E-state index is 0.127. The first kappa shape index (κ1) is 12.4. The van der Waals surface area contributed by atoms with Crippen LogP contribution in [0.25, 0.3) is 0 Å². The smallest absolute Gasteiger partial charge is 0.135 e. The Morgan fingerprint density at radius 2 is 2.27 bits per heavy atom. The maximum absolute atomic E-state index is 11.5. The highest BCUT2D eigenvalue weighted by atomic mass is 79.9. The summed E-state index contributed by atoms with van der Waals surface area (Å²) in [5, 5.41) is 4.22. The van der Waals surface area contributed by atoms with Crippen LogP contribution in [0.3, 0.4) is 0 Å². The van der Waals surface area contributed by atoms with Gasteiger partial charge in [-0.2, -0.15) is 5.10 Å². The van der Waals surface area contributed by atoms with E-state index in [2.05, 4.69) is 21.0 Å². The van der Waals surface area contributed by atoms with Crippen molar-refractivity contribution in [3.05, 3.63) is 16.4 Å². The molecule has 0 radical (unpaired) electrons. The van der Waals surface area contributed by atoms with Gasteiger partial charge in [-0.3, -0.25) is 9.48 Å². The zero-order valence-corrected chi connectivity index (χ0v) is 11.0. The molecular formula is C11H17BrN2O. The van der Waals surface area contributed by atoms with Gasteiger partial charge in [-0.15, -0.1) is 0 Å². The van der Waals surface area contributed by atoms with Crippen molar-refractivity contribution in [1.29, 1.82) is 0 Å². The molecule has 1 aromatic rings. The quantitative estimate of drug-likeness (QED) is 0.826. The van der Waals surface area contributed by atoms with Gasteiger partial charge in [-0.25, -0.2) is 0 Å². The van der Waals surface area contributed by atoms with E-state index in [0.29, 0.717) is 12.2 Å². The summed E-state index contributed by atoms with van der Waals surface area (Å²) in [6.07, 6.45) is 3.16. The van der Waals surface area contributed by atoms with Crippen molar-refractivity contribution in [3.63, 3.8) is 0 Å². The standard InChI is InChI=1S/C11H17BrN2O/c1-4-14-10(9(12)7-13-14)5-6-11(15)8(2)3/h7-8H,4-6H2,1-3H3. The molecule has 0 bridgehead atoms. The predicted octanol–water partition coefficient (Wildman–Crippen LogP) is 2.82. The summed E-state index contributed by atoms with van der Waals surface area (Å²) in [6, 6.07) is 0. The molecule has 0 saturated carbocycles. The molecule has 15 heavy (non-hydrogen) atoms. The molecule has 1 aromatic heterocycles. The van der Waals surface area contributed by atoms with Crippen LogP contribution in [0.15, 0.2) is 10.7 Å². The molecule has 84 valence electrons. The highest BCUT2D eigenvalue weighted by molar-refractivity contribution is 9.10. The SMILES string of the molecule is CCn1ncc(Br)c1CCC(=O)C(C)C. The summed E-state index contributed by atoms with van der Waals surface area (Å²) in [4.78, 5) is 11.5. The average molecular weight is 273 g/mol. The molecule has 0 aliphatic heterocycles. The summed E-state index contributed by atoms with van der Waals surface area (Å²) in [5.41, 5.74) is 1.12. The maximum atomic E-state index is 11.5. The largest absolute Gasteiger partial charge is 0.299 e. The van der Waals surface area contributed by atoms with Gasteiger partial charge in [-0.05, 0) is 29.3 Å². The fourth-order valence-corrected chi connectivity index (χ4v) is 1.93. The lowest BCUT2D eigenvalue weighted by atomic mass is 10.0. The second-order valence-electron chi connectivity index (χ2n) is 3.88. The van der Waals surface area contributed by atoms with E-state index in [1.165, 1.54) is 0 Å². The molecule has 0 amide bonds. The Bertz CT molecular complexity index is 344. The van der Waals surface area contributed by atoms with Crippen LogP contribution in [-0.4, -0.2) is 15.6 Å². The normalized spacial score (nSPS) is 11.0. The zero-order valence-electron chi connectivity index (χ0n) is 9.46. The first-order chi connectivity index (χ1) is 7.06. The van der Waals surface area contributed by atoms with Crippen LogP contribution < -0.4 is 0 Å². The third-order valence-corrected chi connectivity index (χ3v) is 3.11. The molecule has 0 aromatic carbocycles. The molecule has 0 aliphatic rings. The van der Waals surface area contributed by atoms with Crippen LogP contribution in [0.2, 0.25) is 0 Å². The van der Waals surface area contributed by atoms with Crippen LogP contribution in [0.4, 0.5) is 0 Å². The number of ketones is 1. The van der Waals surface area contributed by atoms with Crippen molar-refractivity contribution in [2.45, 2.75) is 40.2 Å². The number of carbonyl (C=O) groups is 1. The summed E-state index contributed by atoms with van der Waals surface area (Å²) in [5.74, 6) is 0.438. The molecule has 0 atom stereocenters. The fourth-order valence-electron chi connectivity index (χ4n) is 1.44. The number of hydrogen-bond donors (Lipinski definition) is 0. The van der Waals surface area contributed by atoms with Crippen molar-refractivity contribution in [3.8, 4) is 0 Å². The zero-order chi connectivity index (χ0) is 11.4. The van der Waals surface area contributed by atoms with E-state index < -0.39 is 0 Å². The molecule has 1 heterocycles. The maximum Gasteiger partial charge on any atom is 0.135 e. The van der Waals surface area contributed by atoms with E-state index in [1.807, 2.05) is 25.5 Å². The van der Waals surface area contributed by atoms with Crippen LogP contribution in [0, 0.1) is 5.92 Å². The van der Waals surface area contributed by atoms with Gasteiger partial charge in [-0.1, -0.05) is 13.8 Å². The molecule has 0 fully saturated rings. The number of rotatable bonds is 5. The van der Waals surface area contributed by atoms with E-state index in [9.17, 15) is 4.79 Å². The lowest BCUT2D eigenvalue weighted by Crippen LogP contribution is -2.10. The van der Waals surface area contributed by atoms with Gasteiger partial charge >= 0.3 is 0 Å². The Kier molecular flexibility index (Phi) is 4.51. The number of carbonyl (C=O) groups excluding carboxylic acids is 1. The Morgan fingerprint density at radius 3 is 2.80 bits per heavy atom. The van der Waals surface area contributed by atoms with Gasteiger partial charge in [0.1, 0.15) is 5.78 Å².